The molecule has 0 saturated heterocycles. The molecule has 0 heterocycles. The fourth-order valence-corrected chi connectivity index (χ4v) is 1.69. The molecule has 1 rings (SSSR count). The van der Waals surface area contributed by atoms with E-state index in [2.05, 4.69) is 5.43 Å². The van der Waals surface area contributed by atoms with Crippen molar-refractivity contribution in [2.75, 3.05) is 0 Å². The summed E-state index contributed by atoms with van der Waals surface area (Å²) in [6.07, 6.45) is 1.90. The van der Waals surface area contributed by atoms with Gasteiger partial charge in [-0.05, 0) is 12.2 Å². The van der Waals surface area contributed by atoms with Crippen molar-refractivity contribution in [1.82, 2.24) is 5.43 Å². The van der Waals surface area contributed by atoms with Crippen molar-refractivity contribution in [3.8, 4) is 0 Å². The van der Waals surface area contributed by atoms with E-state index in [0.29, 0.717) is 6.29 Å². The highest BCUT2D eigenvalue weighted by Crippen LogP contribution is 2.29. The zero-order valence-corrected chi connectivity index (χ0v) is 8.01. The molecule has 72 valence electrons. The van der Waals surface area contributed by atoms with E-state index < -0.39 is 11.6 Å². The SMILES string of the molecule is NN[C@@]1(C=O)C=C(Cl)C=C(Cl)[C@@H]1O. The number of nitrogens with one attached hydrogen (secondary N) is 1. The van der Waals surface area contributed by atoms with Gasteiger partial charge in [-0.2, -0.15) is 0 Å². The van der Waals surface area contributed by atoms with Crippen LogP contribution in [0.15, 0.2) is 22.2 Å². The highest BCUT2D eigenvalue weighted by Gasteiger charge is 2.39. The quantitative estimate of drug-likeness (QED) is 0.350. The van der Waals surface area contributed by atoms with Crippen molar-refractivity contribution in [3.05, 3.63) is 22.2 Å². The molecule has 0 aromatic carbocycles. The Balaban J connectivity index is 3.13. The van der Waals surface area contributed by atoms with Crippen molar-refractivity contribution < 1.29 is 9.90 Å². The van der Waals surface area contributed by atoms with Gasteiger partial charge in [-0.25, -0.2) is 5.43 Å². The Morgan fingerprint density at radius 2 is 2.31 bits per heavy atom. The van der Waals surface area contributed by atoms with E-state index in [0.717, 1.165) is 0 Å². The molecule has 0 bridgehead atoms. The molecule has 2 atom stereocenters. The molecule has 6 heteroatoms. The third kappa shape index (κ3) is 1.77. The lowest BCUT2D eigenvalue weighted by Crippen LogP contribution is -2.58. The minimum atomic E-state index is -1.43. The second-order valence-electron chi connectivity index (χ2n) is 2.66. The smallest absolute Gasteiger partial charge is 0.148 e. The molecule has 0 saturated carbocycles. The first-order valence-electron chi connectivity index (χ1n) is 3.43. The van der Waals surface area contributed by atoms with Gasteiger partial charge < -0.3 is 9.90 Å². The van der Waals surface area contributed by atoms with E-state index in [-0.39, 0.29) is 10.1 Å². The van der Waals surface area contributed by atoms with Gasteiger partial charge in [0.25, 0.3) is 0 Å². The number of aldehydes is 1. The van der Waals surface area contributed by atoms with Crippen LogP contribution >= 0.6 is 23.2 Å². The summed E-state index contributed by atoms with van der Waals surface area (Å²) in [7, 11) is 0. The zero-order valence-electron chi connectivity index (χ0n) is 6.50. The fraction of sp³-hybridized carbons (Fsp3) is 0.286. The standard InChI is InChI=1S/C7H8Cl2N2O2/c8-4-1-5(9)6(13)7(2-4,3-12)11-10/h1-3,6,11,13H,10H2/t6-,7+/m0/s1. The van der Waals surface area contributed by atoms with Crippen LogP contribution in [-0.4, -0.2) is 23.0 Å². The Bertz CT molecular complexity index is 290. The predicted octanol–water partition coefficient (Wildman–Crippen LogP) is 0.00730. The molecule has 0 unspecified atom stereocenters. The van der Waals surface area contributed by atoms with Crippen LogP contribution in [0, 0.1) is 0 Å². The summed E-state index contributed by atoms with van der Waals surface area (Å²) >= 11 is 11.3. The number of nitrogens with two attached hydrogens (primary N) is 1. The van der Waals surface area contributed by atoms with E-state index in [9.17, 15) is 9.90 Å². The van der Waals surface area contributed by atoms with E-state index in [4.69, 9.17) is 29.0 Å². The van der Waals surface area contributed by atoms with Gasteiger partial charge in [-0.1, -0.05) is 23.2 Å². The molecule has 0 fully saturated rings. The van der Waals surface area contributed by atoms with Crippen molar-refractivity contribution in [3.63, 3.8) is 0 Å². The van der Waals surface area contributed by atoms with E-state index in [1.54, 1.807) is 0 Å². The number of halogens is 2. The van der Waals surface area contributed by atoms with Gasteiger partial charge in [0.15, 0.2) is 0 Å². The van der Waals surface area contributed by atoms with Crippen LogP contribution in [0.1, 0.15) is 0 Å². The molecule has 1 aliphatic rings. The first-order chi connectivity index (χ1) is 6.05. The number of hydrogen-bond donors (Lipinski definition) is 3. The summed E-state index contributed by atoms with van der Waals surface area (Å²) in [5.74, 6) is 5.13. The maximum atomic E-state index is 10.7. The number of carbonyl (C=O) groups is 1. The van der Waals surface area contributed by atoms with E-state index in [1.165, 1.54) is 12.2 Å². The van der Waals surface area contributed by atoms with Gasteiger partial charge in [-0.15, -0.1) is 0 Å². The monoisotopic (exact) mass is 222 g/mol. The molecule has 0 amide bonds. The molecule has 4 N–H and O–H groups in total. The number of aliphatic hydroxyl groups excluding tert-OH is 1. The van der Waals surface area contributed by atoms with E-state index >= 15 is 0 Å². The lowest BCUT2D eigenvalue weighted by molar-refractivity contribution is -0.114. The van der Waals surface area contributed by atoms with Gasteiger partial charge in [-0.3, -0.25) is 5.84 Å². The first kappa shape index (κ1) is 10.7. The molecule has 0 aromatic heterocycles. The Kier molecular flexibility index (Phi) is 3.10. The number of hydrazine groups is 1. The van der Waals surface area contributed by atoms with Crippen molar-refractivity contribution >= 4 is 29.5 Å². The molecule has 0 aliphatic heterocycles. The van der Waals surface area contributed by atoms with Crippen LogP contribution in [-0.2, 0) is 4.79 Å². The lowest BCUT2D eigenvalue weighted by Gasteiger charge is -2.31. The molecule has 13 heavy (non-hydrogen) atoms. The third-order valence-corrected chi connectivity index (χ3v) is 2.35. The summed E-state index contributed by atoms with van der Waals surface area (Å²) < 4.78 is 0. The van der Waals surface area contributed by atoms with Crippen molar-refractivity contribution in [2.45, 2.75) is 11.6 Å². The Hall–Kier alpha value is -0.390. The summed E-state index contributed by atoms with van der Waals surface area (Å²) in [6, 6.07) is 0. The predicted molar refractivity (Wildman–Crippen MR) is 50.0 cm³/mol. The number of allylic oxidation sites excluding steroid dienone is 2. The van der Waals surface area contributed by atoms with Gasteiger partial charge in [0, 0.05) is 5.03 Å². The molecule has 0 aromatic rings. The number of rotatable bonds is 2. The highest BCUT2D eigenvalue weighted by molar-refractivity contribution is 6.35. The minimum Gasteiger partial charge on any atom is -0.385 e. The number of hydrogen-bond acceptors (Lipinski definition) is 4. The average Bonchev–Trinajstić information content (AvgIpc) is 2.11. The van der Waals surface area contributed by atoms with Crippen molar-refractivity contribution in [2.24, 2.45) is 5.84 Å². The van der Waals surface area contributed by atoms with Crippen LogP contribution in [0.2, 0.25) is 0 Å². The second kappa shape index (κ2) is 3.77. The molecular formula is C7H8Cl2N2O2. The summed E-state index contributed by atoms with van der Waals surface area (Å²) in [4.78, 5) is 10.7. The molecular weight excluding hydrogens is 215 g/mol. The van der Waals surface area contributed by atoms with Gasteiger partial charge in [0.1, 0.15) is 17.9 Å². The van der Waals surface area contributed by atoms with Gasteiger partial charge >= 0.3 is 0 Å². The van der Waals surface area contributed by atoms with E-state index in [1.807, 2.05) is 0 Å². The number of aliphatic hydroxyl groups is 1. The maximum absolute atomic E-state index is 10.7. The topological polar surface area (TPSA) is 75.3 Å². The molecule has 1 aliphatic carbocycles. The summed E-state index contributed by atoms with van der Waals surface area (Å²) in [5.41, 5.74) is 0.746. The first-order valence-corrected chi connectivity index (χ1v) is 4.19. The zero-order chi connectivity index (χ0) is 10.1. The Labute approximate surface area is 85.0 Å². The summed E-state index contributed by atoms with van der Waals surface area (Å²) in [6.45, 7) is 0. The fourth-order valence-electron chi connectivity index (χ4n) is 1.04. The average molecular weight is 223 g/mol. The maximum Gasteiger partial charge on any atom is 0.148 e. The van der Waals surface area contributed by atoms with Crippen LogP contribution in [0.4, 0.5) is 0 Å². The normalized spacial score (nSPS) is 33.7. The van der Waals surface area contributed by atoms with Gasteiger partial charge in [0.05, 0.1) is 5.03 Å². The molecule has 0 radical (unpaired) electrons. The minimum absolute atomic E-state index is 0.0672. The summed E-state index contributed by atoms with van der Waals surface area (Å²) in [5, 5.41) is 9.85. The van der Waals surface area contributed by atoms with Crippen LogP contribution < -0.4 is 11.3 Å². The van der Waals surface area contributed by atoms with Crippen LogP contribution in [0.3, 0.4) is 0 Å². The molecule has 4 nitrogen and oxygen atoms in total. The Morgan fingerprint density at radius 3 is 2.77 bits per heavy atom. The van der Waals surface area contributed by atoms with Crippen molar-refractivity contribution in [1.29, 1.82) is 0 Å². The van der Waals surface area contributed by atoms with Gasteiger partial charge in [0.2, 0.25) is 0 Å². The third-order valence-electron chi connectivity index (χ3n) is 1.81. The Morgan fingerprint density at radius 1 is 1.69 bits per heavy atom. The highest BCUT2D eigenvalue weighted by atomic mass is 35.5. The second-order valence-corrected chi connectivity index (χ2v) is 3.53. The lowest BCUT2D eigenvalue weighted by atomic mass is 9.90. The van der Waals surface area contributed by atoms with Crippen LogP contribution in [0.5, 0.6) is 0 Å². The van der Waals surface area contributed by atoms with Crippen LogP contribution in [0.25, 0.3) is 0 Å². The largest absolute Gasteiger partial charge is 0.385 e. The number of carbonyl (C=O) groups excluding carboxylic acids is 1. The molecule has 0 spiro atoms.